The highest BCUT2D eigenvalue weighted by molar-refractivity contribution is 6.22. The summed E-state index contributed by atoms with van der Waals surface area (Å²) in [5.74, 6) is -1.03. The Bertz CT molecular complexity index is 1130. The summed E-state index contributed by atoms with van der Waals surface area (Å²) in [5.41, 5.74) is 3.54. The van der Waals surface area contributed by atoms with E-state index in [2.05, 4.69) is 5.32 Å². The number of benzene rings is 2. The van der Waals surface area contributed by atoms with E-state index in [1.165, 1.54) is 17.0 Å². The molecular weight excluding hydrogens is 420 g/mol. The lowest BCUT2D eigenvalue weighted by atomic mass is 9.81. The van der Waals surface area contributed by atoms with Crippen molar-refractivity contribution in [3.63, 3.8) is 0 Å². The van der Waals surface area contributed by atoms with Crippen LogP contribution in [0.15, 0.2) is 42.5 Å². The van der Waals surface area contributed by atoms with E-state index in [1.54, 1.807) is 18.2 Å². The second-order valence-corrected chi connectivity index (χ2v) is 9.37. The molecule has 5 rings (SSSR count). The normalized spacial score (nSPS) is 25.3. The Hall–Kier alpha value is -3.48. The van der Waals surface area contributed by atoms with E-state index in [9.17, 15) is 19.2 Å². The Labute approximate surface area is 192 Å². The topological polar surface area (TPSA) is 92.8 Å². The van der Waals surface area contributed by atoms with E-state index in [-0.39, 0.29) is 29.2 Å². The average molecular weight is 447 g/mol. The van der Waals surface area contributed by atoms with Gasteiger partial charge in [-0.05, 0) is 92.5 Å². The third kappa shape index (κ3) is 3.71. The minimum Gasteiger partial charge on any atom is -0.452 e. The van der Waals surface area contributed by atoms with E-state index in [1.807, 2.05) is 26.0 Å². The van der Waals surface area contributed by atoms with E-state index in [4.69, 9.17) is 4.74 Å². The number of nitrogens with zero attached hydrogens (tertiary/aromatic N) is 1. The Morgan fingerprint density at radius 1 is 0.939 bits per heavy atom. The summed E-state index contributed by atoms with van der Waals surface area (Å²) in [4.78, 5) is 51.7. The first kappa shape index (κ1) is 21.4. The van der Waals surface area contributed by atoms with Gasteiger partial charge in [0.2, 0.25) is 11.8 Å². The van der Waals surface area contributed by atoms with Crippen molar-refractivity contribution in [2.45, 2.75) is 33.1 Å². The Morgan fingerprint density at radius 3 is 2.18 bits per heavy atom. The van der Waals surface area contributed by atoms with E-state index in [0.717, 1.165) is 30.4 Å². The standard InChI is InChI=1S/C26H26N2O5/c1-14-3-8-19(11-15(14)2)27-21(29)13-33-26(32)16-6-9-20(10-7-16)28-24(30)22-17-4-5-18(12-17)23(22)25(28)31/h3,6-11,17-18,22-23H,4-5,12-13H2,1-2H3,(H,27,29)/t17-,18-,22+,23+/m0/s1. The summed E-state index contributed by atoms with van der Waals surface area (Å²) in [5, 5.41) is 2.71. The molecule has 0 aromatic heterocycles. The number of esters is 1. The van der Waals surface area contributed by atoms with Crippen molar-refractivity contribution < 1.29 is 23.9 Å². The number of hydrogen-bond donors (Lipinski definition) is 1. The minimum atomic E-state index is -0.647. The SMILES string of the molecule is Cc1ccc(NC(=O)COC(=O)c2ccc(N3C(=O)[C@@H]4[C@H]5CC[C@@H](C5)[C@H]4C3=O)cc2)cc1C. The van der Waals surface area contributed by atoms with Crippen LogP contribution in [0.2, 0.25) is 0 Å². The molecule has 0 spiro atoms. The second-order valence-electron chi connectivity index (χ2n) is 9.37. The summed E-state index contributed by atoms with van der Waals surface area (Å²) in [6.07, 6.45) is 3.05. The summed E-state index contributed by atoms with van der Waals surface area (Å²) >= 11 is 0. The molecule has 1 saturated heterocycles. The molecule has 1 heterocycles. The molecule has 4 atom stereocenters. The first-order valence-corrected chi connectivity index (χ1v) is 11.4. The van der Waals surface area contributed by atoms with Crippen molar-refractivity contribution in [1.29, 1.82) is 0 Å². The summed E-state index contributed by atoms with van der Waals surface area (Å²) in [7, 11) is 0. The zero-order chi connectivity index (χ0) is 23.3. The number of hydrogen-bond acceptors (Lipinski definition) is 5. The maximum absolute atomic E-state index is 12.9. The third-order valence-corrected chi connectivity index (χ3v) is 7.41. The zero-order valence-corrected chi connectivity index (χ0v) is 18.7. The summed E-state index contributed by atoms with van der Waals surface area (Å²) < 4.78 is 5.12. The highest BCUT2D eigenvalue weighted by Gasteiger charge is 2.61. The van der Waals surface area contributed by atoms with Crippen molar-refractivity contribution in [2.75, 3.05) is 16.8 Å². The van der Waals surface area contributed by atoms with Crippen molar-refractivity contribution in [1.82, 2.24) is 0 Å². The van der Waals surface area contributed by atoms with E-state index in [0.29, 0.717) is 23.2 Å². The molecule has 2 saturated carbocycles. The lowest BCUT2D eigenvalue weighted by molar-refractivity contribution is -0.123. The molecule has 2 aromatic rings. The van der Waals surface area contributed by atoms with Crippen LogP contribution in [0.3, 0.4) is 0 Å². The number of amides is 3. The number of imide groups is 1. The van der Waals surface area contributed by atoms with Crippen LogP contribution in [0.5, 0.6) is 0 Å². The number of rotatable bonds is 5. The predicted octanol–water partition coefficient (Wildman–Crippen LogP) is 3.63. The first-order chi connectivity index (χ1) is 15.8. The van der Waals surface area contributed by atoms with Crippen molar-refractivity contribution in [3.05, 3.63) is 59.2 Å². The quantitative estimate of drug-likeness (QED) is 0.559. The minimum absolute atomic E-state index is 0.115. The summed E-state index contributed by atoms with van der Waals surface area (Å²) in [6, 6.07) is 11.8. The van der Waals surface area contributed by atoms with E-state index < -0.39 is 18.5 Å². The molecule has 7 heteroatoms. The van der Waals surface area contributed by atoms with Gasteiger partial charge in [0.15, 0.2) is 6.61 Å². The number of fused-ring (bicyclic) bond motifs is 5. The molecule has 170 valence electrons. The van der Waals surface area contributed by atoms with Crippen LogP contribution in [-0.4, -0.2) is 30.3 Å². The van der Waals surface area contributed by atoms with Crippen LogP contribution in [-0.2, 0) is 19.1 Å². The molecule has 2 bridgehead atoms. The average Bonchev–Trinajstić information content (AvgIpc) is 3.48. The smallest absolute Gasteiger partial charge is 0.338 e. The van der Waals surface area contributed by atoms with E-state index >= 15 is 0 Å². The maximum Gasteiger partial charge on any atom is 0.338 e. The Kier molecular flexibility index (Phi) is 5.27. The van der Waals surface area contributed by atoms with Gasteiger partial charge in [-0.1, -0.05) is 6.07 Å². The molecule has 0 radical (unpaired) electrons. The molecule has 3 amide bonds. The number of aryl methyl sites for hydroxylation is 2. The molecule has 33 heavy (non-hydrogen) atoms. The van der Waals surface area contributed by atoms with Gasteiger partial charge in [-0.3, -0.25) is 19.3 Å². The van der Waals surface area contributed by atoms with Crippen LogP contribution < -0.4 is 10.2 Å². The van der Waals surface area contributed by atoms with Crippen LogP contribution in [0, 0.1) is 37.5 Å². The fraction of sp³-hybridized carbons (Fsp3) is 0.385. The molecule has 2 aromatic carbocycles. The molecule has 7 nitrogen and oxygen atoms in total. The highest BCUT2D eigenvalue weighted by Crippen LogP contribution is 2.56. The largest absolute Gasteiger partial charge is 0.452 e. The monoisotopic (exact) mass is 446 g/mol. The molecule has 3 aliphatic rings. The number of ether oxygens (including phenoxy) is 1. The Balaban J connectivity index is 1.19. The summed E-state index contributed by atoms with van der Waals surface area (Å²) in [6.45, 7) is 3.52. The fourth-order valence-electron chi connectivity index (χ4n) is 5.64. The van der Waals surface area contributed by atoms with Crippen molar-refractivity contribution in [2.24, 2.45) is 23.7 Å². The van der Waals surface area contributed by atoms with Gasteiger partial charge >= 0.3 is 5.97 Å². The third-order valence-electron chi connectivity index (χ3n) is 7.41. The van der Waals surface area contributed by atoms with Gasteiger partial charge in [-0.25, -0.2) is 4.79 Å². The number of carbonyl (C=O) groups excluding carboxylic acids is 4. The number of nitrogens with one attached hydrogen (secondary N) is 1. The lowest BCUT2D eigenvalue weighted by Crippen LogP contribution is -2.32. The first-order valence-electron chi connectivity index (χ1n) is 11.4. The van der Waals surface area contributed by atoms with Crippen molar-refractivity contribution in [3.8, 4) is 0 Å². The van der Waals surface area contributed by atoms with Crippen LogP contribution >= 0.6 is 0 Å². The second kappa shape index (κ2) is 8.14. The molecular formula is C26H26N2O5. The maximum atomic E-state index is 12.9. The van der Waals surface area contributed by atoms with Crippen LogP contribution in [0.4, 0.5) is 11.4 Å². The predicted molar refractivity (Wildman–Crippen MR) is 122 cm³/mol. The zero-order valence-electron chi connectivity index (χ0n) is 18.7. The number of anilines is 2. The molecule has 1 aliphatic heterocycles. The fourth-order valence-corrected chi connectivity index (χ4v) is 5.64. The van der Waals surface area contributed by atoms with Gasteiger partial charge in [0.05, 0.1) is 23.1 Å². The van der Waals surface area contributed by atoms with Crippen molar-refractivity contribution >= 4 is 35.1 Å². The lowest BCUT2D eigenvalue weighted by Gasteiger charge is -2.19. The molecule has 3 fully saturated rings. The molecule has 0 unspecified atom stereocenters. The van der Waals surface area contributed by atoms with Gasteiger partial charge in [0.1, 0.15) is 0 Å². The molecule has 2 aliphatic carbocycles. The number of carbonyl (C=O) groups is 4. The van der Waals surface area contributed by atoms with Gasteiger partial charge in [-0.2, -0.15) is 0 Å². The van der Waals surface area contributed by atoms with Crippen LogP contribution in [0.1, 0.15) is 40.7 Å². The van der Waals surface area contributed by atoms with Gasteiger partial charge < -0.3 is 10.1 Å². The Morgan fingerprint density at radius 2 is 1.58 bits per heavy atom. The highest BCUT2D eigenvalue weighted by atomic mass is 16.5. The van der Waals surface area contributed by atoms with Gasteiger partial charge in [0, 0.05) is 5.69 Å². The van der Waals surface area contributed by atoms with Crippen LogP contribution in [0.25, 0.3) is 0 Å². The molecule has 1 N–H and O–H groups in total. The van der Waals surface area contributed by atoms with Gasteiger partial charge in [-0.15, -0.1) is 0 Å². The van der Waals surface area contributed by atoms with Gasteiger partial charge in [0.25, 0.3) is 5.91 Å².